The van der Waals surface area contributed by atoms with Gasteiger partial charge in [-0.1, -0.05) is 25.1 Å². The molecule has 18 heavy (non-hydrogen) atoms. The summed E-state index contributed by atoms with van der Waals surface area (Å²) in [5, 5.41) is 9.25. The zero-order valence-electron chi connectivity index (χ0n) is 11.1. The molecule has 1 fully saturated rings. The Morgan fingerprint density at radius 1 is 1.44 bits per heavy atom. The summed E-state index contributed by atoms with van der Waals surface area (Å²) in [6, 6.07) is 7.37. The number of phenolic OH excluding ortho intramolecular Hbond substituents is 1. The van der Waals surface area contributed by atoms with Gasteiger partial charge in [-0.15, -0.1) is 0 Å². The van der Waals surface area contributed by atoms with Crippen molar-refractivity contribution >= 4 is 0 Å². The normalized spacial score (nSPS) is 21.4. The molecule has 0 aromatic heterocycles. The molecule has 3 nitrogen and oxygen atoms in total. The van der Waals surface area contributed by atoms with Crippen LogP contribution in [-0.4, -0.2) is 29.4 Å². The molecule has 1 atom stereocenters. The molecule has 2 rings (SSSR count). The fourth-order valence-corrected chi connectivity index (χ4v) is 2.35. The molecule has 1 unspecified atom stereocenters. The minimum Gasteiger partial charge on any atom is -0.508 e. The lowest BCUT2D eigenvalue weighted by Crippen LogP contribution is -2.22. The molecule has 1 aliphatic rings. The van der Waals surface area contributed by atoms with Gasteiger partial charge in [-0.05, 0) is 36.6 Å². The molecular formula is C15H21NO2. The minimum atomic E-state index is 0.247. The number of hydrogen-bond acceptors (Lipinski definition) is 3. The lowest BCUT2D eigenvalue weighted by Gasteiger charge is -2.14. The molecule has 1 aromatic rings. The van der Waals surface area contributed by atoms with E-state index >= 15 is 0 Å². The van der Waals surface area contributed by atoms with E-state index in [2.05, 4.69) is 24.8 Å². The summed E-state index contributed by atoms with van der Waals surface area (Å²) in [4.78, 5) is 2.29. The van der Waals surface area contributed by atoms with Crippen LogP contribution in [0, 0.1) is 0 Å². The molecule has 3 heteroatoms. The van der Waals surface area contributed by atoms with Crippen molar-refractivity contribution in [3.8, 4) is 5.75 Å². The van der Waals surface area contributed by atoms with Crippen LogP contribution in [0.4, 0.5) is 0 Å². The fraction of sp³-hybridized carbons (Fsp3) is 0.467. The summed E-state index contributed by atoms with van der Waals surface area (Å²) < 4.78 is 5.81. The highest BCUT2D eigenvalue weighted by Crippen LogP contribution is 2.20. The number of ether oxygens (including phenoxy) is 1. The molecule has 0 aliphatic carbocycles. The van der Waals surface area contributed by atoms with Gasteiger partial charge in [0.15, 0.2) is 0 Å². The third-order valence-electron chi connectivity index (χ3n) is 3.42. The van der Waals surface area contributed by atoms with Crippen LogP contribution in [0.1, 0.15) is 25.8 Å². The largest absolute Gasteiger partial charge is 0.508 e. The van der Waals surface area contributed by atoms with E-state index in [1.165, 1.54) is 11.1 Å². The highest BCUT2D eigenvalue weighted by Gasteiger charge is 2.24. The summed E-state index contributed by atoms with van der Waals surface area (Å²) in [6.07, 6.45) is 3.46. The van der Waals surface area contributed by atoms with Gasteiger partial charge in [-0.3, -0.25) is 4.90 Å². The average molecular weight is 247 g/mol. The standard InChI is InChI=1S/C15H21NO2/c1-3-13(4-2)15-10-16(11-18-15)9-12-5-7-14(17)8-6-12/h3,5-8,15,17H,4,9-11H2,1-2H3/b13-3+. The van der Waals surface area contributed by atoms with E-state index in [4.69, 9.17) is 4.74 Å². The molecular weight excluding hydrogens is 226 g/mol. The molecule has 0 saturated carbocycles. The second-order valence-corrected chi connectivity index (χ2v) is 4.68. The van der Waals surface area contributed by atoms with Crippen molar-refractivity contribution in [3.63, 3.8) is 0 Å². The summed E-state index contributed by atoms with van der Waals surface area (Å²) in [5.74, 6) is 0.316. The number of aromatic hydroxyl groups is 1. The van der Waals surface area contributed by atoms with Crippen molar-refractivity contribution in [1.82, 2.24) is 4.90 Å². The lowest BCUT2D eigenvalue weighted by molar-refractivity contribution is 0.103. The van der Waals surface area contributed by atoms with E-state index in [1.807, 2.05) is 12.1 Å². The smallest absolute Gasteiger partial charge is 0.115 e. The Morgan fingerprint density at radius 2 is 2.17 bits per heavy atom. The third kappa shape index (κ3) is 3.12. The fourth-order valence-electron chi connectivity index (χ4n) is 2.35. The maximum absolute atomic E-state index is 9.25. The van der Waals surface area contributed by atoms with Gasteiger partial charge in [0.25, 0.3) is 0 Å². The van der Waals surface area contributed by atoms with Gasteiger partial charge in [0.2, 0.25) is 0 Å². The van der Waals surface area contributed by atoms with Crippen LogP contribution in [0.5, 0.6) is 5.75 Å². The van der Waals surface area contributed by atoms with Gasteiger partial charge < -0.3 is 9.84 Å². The zero-order valence-corrected chi connectivity index (χ0v) is 11.1. The number of hydrogen-bond donors (Lipinski definition) is 1. The Kier molecular flexibility index (Phi) is 4.39. The van der Waals surface area contributed by atoms with Gasteiger partial charge in [0, 0.05) is 13.1 Å². The van der Waals surface area contributed by atoms with Crippen LogP contribution < -0.4 is 0 Å². The van der Waals surface area contributed by atoms with E-state index in [-0.39, 0.29) is 6.10 Å². The van der Waals surface area contributed by atoms with Gasteiger partial charge in [-0.25, -0.2) is 0 Å². The van der Waals surface area contributed by atoms with Gasteiger partial charge in [0.05, 0.1) is 6.10 Å². The van der Waals surface area contributed by atoms with Crippen molar-refractivity contribution in [2.45, 2.75) is 32.9 Å². The highest BCUT2D eigenvalue weighted by atomic mass is 16.5. The second kappa shape index (κ2) is 6.03. The van der Waals surface area contributed by atoms with Crippen molar-refractivity contribution in [2.24, 2.45) is 0 Å². The SMILES string of the molecule is C/C=C(\CC)C1CN(Cc2ccc(O)cc2)CO1. The molecule has 0 amide bonds. The highest BCUT2D eigenvalue weighted by molar-refractivity contribution is 5.25. The number of allylic oxidation sites excluding steroid dienone is 1. The Labute approximate surface area is 109 Å². The molecule has 1 saturated heterocycles. The van der Waals surface area contributed by atoms with E-state index in [0.29, 0.717) is 12.5 Å². The first kappa shape index (κ1) is 13.1. The number of phenols is 1. The minimum absolute atomic E-state index is 0.247. The number of benzene rings is 1. The second-order valence-electron chi connectivity index (χ2n) is 4.68. The number of rotatable bonds is 4. The van der Waals surface area contributed by atoms with Crippen LogP contribution in [-0.2, 0) is 11.3 Å². The van der Waals surface area contributed by atoms with E-state index < -0.39 is 0 Å². The van der Waals surface area contributed by atoms with Crippen LogP contribution in [0.25, 0.3) is 0 Å². The predicted octanol–water partition coefficient (Wildman–Crippen LogP) is 2.91. The maximum atomic E-state index is 9.25. The van der Waals surface area contributed by atoms with Crippen LogP contribution in [0.3, 0.4) is 0 Å². The van der Waals surface area contributed by atoms with Crippen LogP contribution in [0.15, 0.2) is 35.9 Å². The zero-order chi connectivity index (χ0) is 13.0. The van der Waals surface area contributed by atoms with Crippen LogP contribution >= 0.6 is 0 Å². The first-order valence-corrected chi connectivity index (χ1v) is 6.50. The van der Waals surface area contributed by atoms with Gasteiger partial charge >= 0.3 is 0 Å². The molecule has 0 radical (unpaired) electrons. The van der Waals surface area contributed by atoms with Gasteiger partial charge in [-0.2, -0.15) is 0 Å². The van der Waals surface area contributed by atoms with Crippen molar-refractivity contribution in [1.29, 1.82) is 0 Å². The van der Waals surface area contributed by atoms with E-state index in [9.17, 15) is 5.11 Å². The Morgan fingerprint density at radius 3 is 2.78 bits per heavy atom. The maximum Gasteiger partial charge on any atom is 0.115 e. The van der Waals surface area contributed by atoms with Crippen molar-refractivity contribution in [3.05, 3.63) is 41.5 Å². The third-order valence-corrected chi connectivity index (χ3v) is 3.42. The molecule has 0 spiro atoms. The van der Waals surface area contributed by atoms with Crippen molar-refractivity contribution in [2.75, 3.05) is 13.3 Å². The topological polar surface area (TPSA) is 32.7 Å². The quantitative estimate of drug-likeness (QED) is 0.830. The summed E-state index contributed by atoms with van der Waals surface area (Å²) >= 11 is 0. The van der Waals surface area contributed by atoms with Crippen LogP contribution in [0.2, 0.25) is 0 Å². The lowest BCUT2D eigenvalue weighted by atomic mass is 10.1. The van der Waals surface area contributed by atoms with E-state index in [1.54, 1.807) is 12.1 Å². The van der Waals surface area contributed by atoms with Crippen molar-refractivity contribution < 1.29 is 9.84 Å². The van der Waals surface area contributed by atoms with Gasteiger partial charge in [0.1, 0.15) is 12.5 Å². The monoisotopic (exact) mass is 247 g/mol. The number of nitrogens with zero attached hydrogens (tertiary/aromatic N) is 1. The molecule has 98 valence electrons. The Bertz CT molecular complexity index is 411. The summed E-state index contributed by atoms with van der Waals surface area (Å²) in [6.45, 7) is 6.75. The molecule has 1 heterocycles. The Hall–Kier alpha value is -1.32. The molecule has 1 aromatic carbocycles. The predicted molar refractivity (Wildman–Crippen MR) is 72.3 cm³/mol. The first-order valence-electron chi connectivity index (χ1n) is 6.50. The van der Waals surface area contributed by atoms with E-state index in [0.717, 1.165) is 19.5 Å². The molecule has 1 N–H and O–H groups in total. The average Bonchev–Trinajstić information content (AvgIpc) is 2.82. The first-order chi connectivity index (χ1) is 8.72. The Balaban J connectivity index is 1.91. The summed E-state index contributed by atoms with van der Waals surface area (Å²) in [5.41, 5.74) is 2.58. The summed E-state index contributed by atoms with van der Waals surface area (Å²) in [7, 11) is 0. The molecule has 1 aliphatic heterocycles. The molecule has 0 bridgehead atoms.